The minimum Gasteiger partial charge on any atom is -0.327 e. The SMILES string of the molecule is Cc1ccc(S(=O)(=O)NC/C=C/CN)cc1C. The molecule has 1 aromatic rings. The van der Waals surface area contributed by atoms with Crippen LogP contribution in [0.25, 0.3) is 0 Å². The first kappa shape index (κ1) is 13.9. The van der Waals surface area contributed by atoms with E-state index in [1.165, 1.54) is 0 Å². The first-order chi connectivity index (χ1) is 7.97. The van der Waals surface area contributed by atoms with Gasteiger partial charge in [-0.05, 0) is 37.1 Å². The molecule has 0 fully saturated rings. The third kappa shape index (κ3) is 3.96. The maximum absolute atomic E-state index is 11.9. The molecule has 0 aliphatic rings. The van der Waals surface area contributed by atoms with E-state index in [2.05, 4.69) is 4.72 Å². The summed E-state index contributed by atoms with van der Waals surface area (Å²) < 4.78 is 26.3. The second kappa shape index (κ2) is 5.95. The predicted octanol–water partition coefficient (Wildman–Crippen LogP) is 1.10. The third-order valence-electron chi connectivity index (χ3n) is 2.48. The summed E-state index contributed by atoms with van der Waals surface area (Å²) >= 11 is 0. The van der Waals surface area contributed by atoms with Gasteiger partial charge >= 0.3 is 0 Å². The Morgan fingerprint density at radius 3 is 2.53 bits per heavy atom. The molecular formula is C12H18N2O2S. The first-order valence-electron chi connectivity index (χ1n) is 5.39. The van der Waals surface area contributed by atoms with Crippen LogP contribution in [0.15, 0.2) is 35.2 Å². The Morgan fingerprint density at radius 1 is 1.24 bits per heavy atom. The molecule has 0 bridgehead atoms. The van der Waals surface area contributed by atoms with E-state index in [4.69, 9.17) is 5.73 Å². The van der Waals surface area contributed by atoms with Crippen LogP contribution in [0.3, 0.4) is 0 Å². The summed E-state index contributed by atoms with van der Waals surface area (Å²) in [5, 5.41) is 0. The number of sulfonamides is 1. The number of hydrogen-bond acceptors (Lipinski definition) is 3. The van der Waals surface area contributed by atoms with Gasteiger partial charge in [-0.25, -0.2) is 13.1 Å². The molecule has 0 atom stereocenters. The normalized spacial score (nSPS) is 12.2. The molecule has 1 aromatic carbocycles. The Hall–Kier alpha value is -1.17. The summed E-state index contributed by atoms with van der Waals surface area (Å²) in [6.07, 6.45) is 3.40. The standard InChI is InChI=1S/C12H18N2O2S/c1-10-5-6-12(9-11(10)2)17(15,16)14-8-4-3-7-13/h3-6,9,14H,7-8,13H2,1-2H3/b4-3+. The molecule has 17 heavy (non-hydrogen) atoms. The van der Waals surface area contributed by atoms with Crippen molar-refractivity contribution >= 4 is 10.0 Å². The molecule has 94 valence electrons. The van der Waals surface area contributed by atoms with Crippen molar-refractivity contribution in [3.8, 4) is 0 Å². The van der Waals surface area contributed by atoms with Crippen LogP contribution in [0.5, 0.6) is 0 Å². The van der Waals surface area contributed by atoms with E-state index in [9.17, 15) is 8.42 Å². The molecule has 4 nitrogen and oxygen atoms in total. The summed E-state index contributed by atoms with van der Waals surface area (Å²) in [6, 6.07) is 5.08. The Morgan fingerprint density at radius 2 is 1.94 bits per heavy atom. The summed E-state index contributed by atoms with van der Waals surface area (Å²) in [5.74, 6) is 0. The lowest BCUT2D eigenvalue weighted by molar-refractivity contribution is 0.585. The Labute approximate surface area is 103 Å². The number of nitrogens with one attached hydrogen (secondary N) is 1. The van der Waals surface area contributed by atoms with Crippen molar-refractivity contribution in [3.63, 3.8) is 0 Å². The van der Waals surface area contributed by atoms with E-state index in [0.29, 0.717) is 11.4 Å². The smallest absolute Gasteiger partial charge is 0.240 e. The number of hydrogen-bond donors (Lipinski definition) is 2. The average molecular weight is 254 g/mol. The van der Waals surface area contributed by atoms with E-state index in [-0.39, 0.29) is 6.54 Å². The van der Waals surface area contributed by atoms with Crippen molar-refractivity contribution in [2.24, 2.45) is 5.73 Å². The molecule has 0 amide bonds. The molecule has 3 N–H and O–H groups in total. The van der Waals surface area contributed by atoms with E-state index >= 15 is 0 Å². The molecular weight excluding hydrogens is 236 g/mol. The minimum absolute atomic E-state index is 0.256. The fourth-order valence-electron chi connectivity index (χ4n) is 1.30. The summed E-state index contributed by atoms with van der Waals surface area (Å²) in [6.45, 7) is 4.50. The molecule has 0 aromatic heterocycles. The van der Waals surface area contributed by atoms with E-state index in [0.717, 1.165) is 11.1 Å². The van der Waals surface area contributed by atoms with Gasteiger partial charge in [0, 0.05) is 13.1 Å². The van der Waals surface area contributed by atoms with E-state index in [1.807, 2.05) is 13.8 Å². The monoisotopic (exact) mass is 254 g/mol. The average Bonchev–Trinajstić information content (AvgIpc) is 2.28. The largest absolute Gasteiger partial charge is 0.327 e. The van der Waals surface area contributed by atoms with Crippen molar-refractivity contribution < 1.29 is 8.42 Å². The molecule has 0 aliphatic heterocycles. The molecule has 0 saturated heterocycles. The lowest BCUT2D eigenvalue weighted by Crippen LogP contribution is -2.24. The minimum atomic E-state index is -3.42. The van der Waals surface area contributed by atoms with Gasteiger partial charge in [-0.3, -0.25) is 0 Å². The van der Waals surface area contributed by atoms with Crippen LogP contribution in [0.4, 0.5) is 0 Å². The van der Waals surface area contributed by atoms with Gasteiger partial charge < -0.3 is 5.73 Å². The predicted molar refractivity (Wildman–Crippen MR) is 69.3 cm³/mol. The molecule has 1 rings (SSSR count). The molecule has 0 saturated carbocycles. The Balaban J connectivity index is 2.82. The molecule has 5 heteroatoms. The number of nitrogens with two attached hydrogens (primary N) is 1. The highest BCUT2D eigenvalue weighted by atomic mass is 32.2. The number of rotatable bonds is 5. The van der Waals surface area contributed by atoms with Crippen molar-refractivity contribution in [2.75, 3.05) is 13.1 Å². The maximum atomic E-state index is 11.9. The first-order valence-corrected chi connectivity index (χ1v) is 6.87. The molecule has 0 aliphatic carbocycles. The lowest BCUT2D eigenvalue weighted by Gasteiger charge is -2.07. The molecule has 0 spiro atoms. The highest BCUT2D eigenvalue weighted by Crippen LogP contribution is 2.14. The van der Waals surface area contributed by atoms with Crippen LogP contribution >= 0.6 is 0 Å². The Bertz CT molecular complexity index is 507. The Kier molecular flexibility index (Phi) is 4.86. The molecule has 0 heterocycles. The van der Waals surface area contributed by atoms with Crippen molar-refractivity contribution in [3.05, 3.63) is 41.5 Å². The van der Waals surface area contributed by atoms with Crippen LogP contribution in [-0.4, -0.2) is 21.5 Å². The van der Waals surface area contributed by atoms with Crippen molar-refractivity contribution in [1.29, 1.82) is 0 Å². The van der Waals surface area contributed by atoms with E-state index < -0.39 is 10.0 Å². The van der Waals surface area contributed by atoms with Crippen molar-refractivity contribution in [2.45, 2.75) is 18.7 Å². The van der Waals surface area contributed by atoms with Gasteiger partial charge in [0.05, 0.1) is 4.90 Å². The highest BCUT2D eigenvalue weighted by Gasteiger charge is 2.12. The zero-order valence-electron chi connectivity index (χ0n) is 10.1. The molecule has 0 unspecified atom stereocenters. The van der Waals surface area contributed by atoms with Crippen LogP contribution < -0.4 is 10.5 Å². The second-order valence-electron chi connectivity index (χ2n) is 3.81. The van der Waals surface area contributed by atoms with Crippen LogP contribution in [0, 0.1) is 13.8 Å². The zero-order valence-corrected chi connectivity index (χ0v) is 10.9. The van der Waals surface area contributed by atoms with E-state index in [1.54, 1.807) is 30.4 Å². The van der Waals surface area contributed by atoms with Crippen LogP contribution in [-0.2, 0) is 10.0 Å². The van der Waals surface area contributed by atoms with Gasteiger partial charge in [0.1, 0.15) is 0 Å². The highest BCUT2D eigenvalue weighted by molar-refractivity contribution is 7.89. The quantitative estimate of drug-likeness (QED) is 0.773. The summed E-state index contributed by atoms with van der Waals surface area (Å²) in [4.78, 5) is 0.293. The number of benzene rings is 1. The molecule has 0 radical (unpaired) electrons. The summed E-state index contributed by atoms with van der Waals surface area (Å²) in [5.41, 5.74) is 7.30. The second-order valence-corrected chi connectivity index (χ2v) is 5.57. The topological polar surface area (TPSA) is 72.2 Å². The van der Waals surface area contributed by atoms with Crippen molar-refractivity contribution in [1.82, 2.24) is 4.72 Å². The summed E-state index contributed by atoms with van der Waals surface area (Å²) in [7, 11) is -3.42. The fraction of sp³-hybridized carbons (Fsp3) is 0.333. The van der Waals surface area contributed by atoms with Gasteiger partial charge in [-0.1, -0.05) is 18.2 Å². The van der Waals surface area contributed by atoms with Gasteiger partial charge in [0.15, 0.2) is 0 Å². The van der Waals surface area contributed by atoms with Crippen LogP contribution in [0.2, 0.25) is 0 Å². The van der Waals surface area contributed by atoms with Gasteiger partial charge in [-0.15, -0.1) is 0 Å². The maximum Gasteiger partial charge on any atom is 0.240 e. The lowest BCUT2D eigenvalue weighted by atomic mass is 10.1. The van der Waals surface area contributed by atoms with Crippen LogP contribution in [0.1, 0.15) is 11.1 Å². The number of aryl methyl sites for hydroxylation is 2. The fourth-order valence-corrected chi connectivity index (χ4v) is 2.36. The third-order valence-corrected chi connectivity index (χ3v) is 3.90. The zero-order chi connectivity index (χ0) is 12.9. The van der Waals surface area contributed by atoms with Gasteiger partial charge in [0.2, 0.25) is 10.0 Å². The van der Waals surface area contributed by atoms with Gasteiger partial charge in [0.25, 0.3) is 0 Å². The van der Waals surface area contributed by atoms with Gasteiger partial charge in [-0.2, -0.15) is 0 Å².